The Morgan fingerprint density at radius 2 is 2.03 bits per heavy atom. The van der Waals surface area contributed by atoms with Crippen LogP contribution in [-0.4, -0.2) is 27.8 Å². The molecule has 1 aliphatic heterocycles. The fourth-order valence-electron chi connectivity index (χ4n) is 5.82. The van der Waals surface area contributed by atoms with Crippen molar-refractivity contribution in [1.29, 1.82) is 0 Å². The molecule has 0 saturated heterocycles. The number of aliphatic hydroxyl groups excluding tert-OH is 1. The molecule has 4 rings (SSSR count). The summed E-state index contributed by atoms with van der Waals surface area (Å²) < 4.78 is 17.7. The SMILES string of the molecule is [CH2]C([CH2])[C@@H]1C[C@H](OC(C)=O)[C@@]2(C)Oc3cc(-c4ccccn4)oc(=O)c3[C@H](O)[C@@H]2C1(C)C. The normalized spacial score (nSPS) is 30.8. The number of hydrogen-bond acceptors (Lipinski definition) is 7. The summed E-state index contributed by atoms with van der Waals surface area (Å²) in [4.78, 5) is 29.2. The highest BCUT2D eigenvalue weighted by molar-refractivity contribution is 5.66. The Labute approximate surface area is 187 Å². The van der Waals surface area contributed by atoms with Crippen LogP contribution >= 0.6 is 0 Å². The van der Waals surface area contributed by atoms with Crippen molar-refractivity contribution in [3.8, 4) is 17.2 Å². The van der Waals surface area contributed by atoms with E-state index >= 15 is 0 Å². The van der Waals surface area contributed by atoms with Gasteiger partial charge in [0.1, 0.15) is 28.7 Å². The van der Waals surface area contributed by atoms with Crippen molar-refractivity contribution in [3.63, 3.8) is 0 Å². The Balaban J connectivity index is 1.89. The van der Waals surface area contributed by atoms with Crippen LogP contribution in [0.5, 0.6) is 5.75 Å². The Bertz CT molecular complexity index is 1080. The second-order valence-electron chi connectivity index (χ2n) is 9.62. The van der Waals surface area contributed by atoms with Crippen LogP contribution in [0.3, 0.4) is 0 Å². The van der Waals surface area contributed by atoms with Crippen molar-refractivity contribution >= 4 is 5.97 Å². The van der Waals surface area contributed by atoms with Crippen molar-refractivity contribution in [2.75, 3.05) is 0 Å². The summed E-state index contributed by atoms with van der Waals surface area (Å²) in [5, 5.41) is 11.5. The molecule has 3 heterocycles. The van der Waals surface area contributed by atoms with Crippen LogP contribution in [0.15, 0.2) is 39.7 Å². The standard InChI is InChI=1S/C25H29NO6/c1-13(2)15-11-19(30-14(3)27)25(6)22(24(15,4)5)21(28)20-18(32-25)12-17(31-23(20)29)16-9-7-8-10-26-16/h7-10,12-13,15,19,21-22,28H,1-2,11H2,3-6H3/t15-,19-,21-,22+,25+/m0/s1. The molecule has 0 spiro atoms. The van der Waals surface area contributed by atoms with Crippen LogP contribution < -0.4 is 10.4 Å². The van der Waals surface area contributed by atoms with Crippen LogP contribution in [0.4, 0.5) is 0 Å². The minimum absolute atomic E-state index is 0.0622. The highest BCUT2D eigenvalue weighted by atomic mass is 16.6. The maximum absolute atomic E-state index is 13.0. The van der Waals surface area contributed by atoms with Gasteiger partial charge in [-0.25, -0.2) is 4.79 Å². The van der Waals surface area contributed by atoms with Gasteiger partial charge in [0, 0.05) is 25.1 Å². The Hall–Kier alpha value is -2.67. The van der Waals surface area contributed by atoms with E-state index in [2.05, 4.69) is 18.8 Å². The van der Waals surface area contributed by atoms with Gasteiger partial charge in [-0.2, -0.15) is 0 Å². The van der Waals surface area contributed by atoms with Gasteiger partial charge in [-0.05, 0) is 56.6 Å². The number of esters is 1. The number of aliphatic hydroxyl groups is 1. The van der Waals surface area contributed by atoms with E-state index in [-0.39, 0.29) is 28.9 Å². The maximum atomic E-state index is 13.0. The number of ether oxygens (including phenoxy) is 2. The Morgan fingerprint density at radius 1 is 1.31 bits per heavy atom. The topological polar surface area (TPSA) is 98.9 Å². The molecule has 7 nitrogen and oxygen atoms in total. The fraction of sp³-hybridized carbons (Fsp3) is 0.480. The molecule has 32 heavy (non-hydrogen) atoms. The summed E-state index contributed by atoms with van der Waals surface area (Å²) in [5.74, 6) is -0.867. The first-order chi connectivity index (χ1) is 15.0. The molecule has 0 bridgehead atoms. The highest BCUT2D eigenvalue weighted by Crippen LogP contribution is 2.60. The summed E-state index contributed by atoms with van der Waals surface area (Å²) in [6.07, 6.45) is 0.235. The molecule has 2 aromatic rings. The number of aromatic nitrogens is 1. The zero-order valence-corrected chi connectivity index (χ0v) is 18.8. The molecule has 1 fully saturated rings. The largest absolute Gasteiger partial charge is 0.482 e. The molecular weight excluding hydrogens is 410 g/mol. The zero-order chi connectivity index (χ0) is 23.4. The van der Waals surface area contributed by atoms with Gasteiger partial charge in [0.2, 0.25) is 0 Å². The molecule has 2 aliphatic rings. The number of hydrogen-bond donors (Lipinski definition) is 1. The molecule has 0 aromatic carbocycles. The van der Waals surface area contributed by atoms with E-state index in [1.165, 1.54) is 6.92 Å². The van der Waals surface area contributed by atoms with Gasteiger partial charge >= 0.3 is 11.6 Å². The van der Waals surface area contributed by atoms with E-state index in [9.17, 15) is 14.7 Å². The minimum Gasteiger partial charge on any atom is -0.482 e. The van der Waals surface area contributed by atoms with E-state index in [0.717, 1.165) is 0 Å². The first-order valence-electron chi connectivity index (χ1n) is 10.8. The van der Waals surface area contributed by atoms with E-state index in [0.29, 0.717) is 12.1 Å². The molecule has 5 atom stereocenters. The number of pyridine rings is 1. The van der Waals surface area contributed by atoms with Crippen LogP contribution in [0.1, 0.15) is 45.8 Å². The van der Waals surface area contributed by atoms with Crippen molar-refractivity contribution in [2.45, 2.75) is 51.9 Å². The number of rotatable bonds is 3. The van der Waals surface area contributed by atoms with Crippen LogP contribution in [0.25, 0.3) is 11.5 Å². The molecular formula is C25H29NO6. The molecule has 170 valence electrons. The molecule has 0 amide bonds. The Kier molecular flexibility index (Phi) is 5.44. The third-order valence-electron chi connectivity index (χ3n) is 7.17. The summed E-state index contributed by atoms with van der Waals surface area (Å²) in [6, 6.07) is 6.82. The molecule has 2 radical (unpaired) electrons. The van der Waals surface area contributed by atoms with Crippen LogP contribution in [-0.2, 0) is 9.53 Å². The van der Waals surface area contributed by atoms with Crippen LogP contribution in [0, 0.1) is 37.0 Å². The van der Waals surface area contributed by atoms with Gasteiger partial charge < -0.3 is 19.0 Å². The molecule has 1 N–H and O–H groups in total. The first-order valence-corrected chi connectivity index (χ1v) is 10.8. The number of carbonyl (C=O) groups is 1. The average molecular weight is 440 g/mol. The van der Waals surface area contributed by atoms with Crippen molar-refractivity contribution in [2.24, 2.45) is 23.2 Å². The summed E-state index contributed by atoms with van der Waals surface area (Å²) in [6.45, 7) is 15.4. The third-order valence-corrected chi connectivity index (χ3v) is 7.17. The predicted molar refractivity (Wildman–Crippen MR) is 117 cm³/mol. The van der Waals surface area contributed by atoms with Gasteiger partial charge in [0.15, 0.2) is 5.76 Å². The monoisotopic (exact) mass is 439 g/mol. The van der Waals surface area contributed by atoms with Gasteiger partial charge in [-0.1, -0.05) is 19.9 Å². The predicted octanol–water partition coefficient (Wildman–Crippen LogP) is 3.76. The van der Waals surface area contributed by atoms with E-state index in [1.807, 2.05) is 20.8 Å². The summed E-state index contributed by atoms with van der Waals surface area (Å²) in [7, 11) is 0. The van der Waals surface area contributed by atoms with Gasteiger partial charge in [-0.3, -0.25) is 9.78 Å². The fourth-order valence-corrected chi connectivity index (χ4v) is 5.82. The van der Waals surface area contributed by atoms with Gasteiger partial charge in [-0.15, -0.1) is 0 Å². The number of fused-ring (bicyclic) bond motifs is 2. The molecule has 1 saturated carbocycles. The summed E-state index contributed by atoms with van der Waals surface area (Å²) >= 11 is 0. The zero-order valence-electron chi connectivity index (χ0n) is 18.8. The highest BCUT2D eigenvalue weighted by Gasteiger charge is 2.64. The summed E-state index contributed by atoms with van der Waals surface area (Å²) in [5.41, 5.74) is -1.76. The van der Waals surface area contributed by atoms with E-state index < -0.39 is 40.7 Å². The lowest BCUT2D eigenvalue weighted by atomic mass is 9.51. The van der Waals surface area contributed by atoms with Crippen molar-refractivity contribution < 1.29 is 23.8 Å². The lowest BCUT2D eigenvalue weighted by Gasteiger charge is -2.60. The smallest absolute Gasteiger partial charge is 0.345 e. The second kappa shape index (κ2) is 7.73. The number of carbonyl (C=O) groups excluding carboxylic acids is 1. The lowest BCUT2D eigenvalue weighted by Crippen LogP contribution is -2.67. The van der Waals surface area contributed by atoms with E-state index in [4.69, 9.17) is 13.9 Å². The van der Waals surface area contributed by atoms with Crippen LogP contribution in [0.2, 0.25) is 0 Å². The molecule has 1 aliphatic carbocycles. The lowest BCUT2D eigenvalue weighted by molar-refractivity contribution is -0.228. The maximum Gasteiger partial charge on any atom is 0.345 e. The van der Waals surface area contributed by atoms with Crippen molar-refractivity contribution in [3.05, 3.63) is 60.3 Å². The van der Waals surface area contributed by atoms with E-state index in [1.54, 1.807) is 30.5 Å². The van der Waals surface area contributed by atoms with Gasteiger partial charge in [0.05, 0.1) is 6.10 Å². The van der Waals surface area contributed by atoms with Gasteiger partial charge in [0.25, 0.3) is 0 Å². The van der Waals surface area contributed by atoms with Crippen molar-refractivity contribution in [1.82, 2.24) is 4.98 Å². The Morgan fingerprint density at radius 3 is 2.62 bits per heavy atom. The molecule has 2 aromatic heterocycles. The molecule has 0 unspecified atom stereocenters. The average Bonchev–Trinajstić information content (AvgIpc) is 2.69. The quantitative estimate of drug-likeness (QED) is 0.727. The first kappa shape index (κ1) is 22.5. The molecule has 7 heteroatoms. The third kappa shape index (κ3) is 3.43. The number of nitrogens with zero attached hydrogens (tertiary/aromatic N) is 1. The second-order valence-corrected chi connectivity index (χ2v) is 9.62. The minimum atomic E-state index is -1.19.